The Hall–Kier alpha value is -2.41. The summed E-state index contributed by atoms with van der Waals surface area (Å²) in [5.74, 6) is 0.862. The average Bonchev–Trinajstić information content (AvgIpc) is 3.13. The van der Waals surface area contributed by atoms with Gasteiger partial charge in [0.05, 0.1) is 5.69 Å². The first-order chi connectivity index (χ1) is 13.4. The first-order valence-corrected chi connectivity index (χ1v) is 9.91. The van der Waals surface area contributed by atoms with Crippen molar-refractivity contribution in [1.29, 1.82) is 0 Å². The van der Waals surface area contributed by atoms with Gasteiger partial charge in [-0.3, -0.25) is 10.1 Å². The molecule has 0 aliphatic heterocycles. The second kappa shape index (κ2) is 9.19. The van der Waals surface area contributed by atoms with E-state index in [9.17, 15) is 4.79 Å². The molecule has 3 aromatic rings. The number of aryl methyl sites for hydroxylation is 1. The predicted octanol–water partition coefficient (Wildman–Crippen LogP) is 6.20. The van der Waals surface area contributed by atoms with E-state index in [1.807, 2.05) is 55.5 Å². The zero-order chi connectivity index (χ0) is 20.1. The van der Waals surface area contributed by atoms with Gasteiger partial charge in [0.1, 0.15) is 11.5 Å². The number of rotatable bonds is 4. The van der Waals surface area contributed by atoms with Gasteiger partial charge >= 0.3 is 0 Å². The van der Waals surface area contributed by atoms with Crippen LogP contribution >= 0.6 is 39.7 Å². The fraction of sp³-hybridized carbons (Fsp3) is 0.0476. The van der Waals surface area contributed by atoms with Crippen molar-refractivity contribution in [2.45, 2.75) is 6.92 Å². The van der Waals surface area contributed by atoms with Crippen LogP contribution in [0.2, 0.25) is 5.02 Å². The Morgan fingerprint density at radius 1 is 1.18 bits per heavy atom. The summed E-state index contributed by atoms with van der Waals surface area (Å²) in [6, 6.07) is 16.8. The van der Waals surface area contributed by atoms with Gasteiger partial charge < -0.3 is 9.73 Å². The molecule has 7 heteroatoms. The second-order valence-electron chi connectivity index (χ2n) is 5.92. The van der Waals surface area contributed by atoms with Crippen molar-refractivity contribution in [3.05, 3.63) is 81.5 Å². The lowest BCUT2D eigenvalue weighted by Crippen LogP contribution is -2.32. The van der Waals surface area contributed by atoms with Crippen LogP contribution in [-0.4, -0.2) is 11.0 Å². The summed E-state index contributed by atoms with van der Waals surface area (Å²) in [5, 5.41) is 6.43. The Labute approximate surface area is 181 Å². The number of amides is 1. The van der Waals surface area contributed by atoms with Gasteiger partial charge in [-0.05, 0) is 77.0 Å². The van der Waals surface area contributed by atoms with E-state index in [-0.39, 0.29) is 11.0 Å². The van der Waals surface area contributed by atoms with Crippen molar-refractivity contribution in [3.63, 3.8) is 0 Å². The molecule has 0 saturated heterocycles. The molecule has 0 bridgehead atoms. The maximum absolute atomic E-state index is 12.1. The molecule has 1 heterocycles. The molecule has 2 N–H and O–H groups in total. The molecule has 28 heavy (non-hydrogen) atoms. The van der Waals surface area contributed by atoms with Crippen LogP contribution in [0, 0.1) is 6.92 Å². The molecule has 0 atom stereocenters. The first-order valence-electron chi connectivity index (χ1n) is 8.33. The average molecular weight is 476 g/mol. The number of halogens is 2. The Balaban J connectivity index is 1.60. The molecule has 2 aromatic carbocycles. The fourth-order valence-electron chi connectivity index (χ4n) is 2.37. The third kappa shape index (κ3) is 5.32. The minimum atomic E-state index is -0.360. The van der Waals surface area contributed by atoms with Crippen LogP contribution < -0.4 is 10.6 Å². The van der Waals surface area contributed by atoms with Crippen LogP contribution in [0.3, 0.4) is 0 Å². The Morgan fingerprint density at radius 3 is 2.71 bits per heavy atom. The Kier molecular flexibility index (Phi) is 6.67. The number of furan rings is 1. The second-order valence-corrected chi connectivity index (χ2v) is 7.59. The van der Waals surface area contributed by atoms with Gasteiger partial charge in [-0.2, -0.15) is 0 Å². The molecule has 0 unspecified atom stereocenters. The SMILES string of the molecule is Cc1ccc(-c2ccc(/C=C/C(=O)NC(=S)Nc3ccccc3Br)o2)cc1Cl. The summed E-state index contributed by atoms with van der Waals surface area (Å²) in [6.07, 6.45) is 2.94. The monoisotopic (exact) mass is 474 g/mol. The van der Waals surface area contributed by atoms with E-state index in [1.165, 1.54) is 6.08 Å². The van der Waals surface area contributed by atoms with Gasteiger partial charge in [-0.15, -0.1) is 0 Å². The highest BCUT2D eigenvalue weighted by atomic mass is 79.9. The van der Waals surface area contributed by atoms with Crippen LogP contribution in [0.1, 0.15) is 11.3 Å². The van der Waals surface area contributed by atoms with Gasteiger partial charge in [0, 0.05) is 21.1 Å². The molecule has 0 aliphatic carbocycles. The van der Waals surface area contributed by atoms with Crippen LogP contribution in [0.15, 0.2) is 69.6 Å². The quantitative estimate of drug-likeness (QED) is 0.348. The lowest BCUT2D eigenvalue weighted by Gasteiger charge is -2.09. The Bertz CT molecular complexity index is 1060. The van der Waals surface area contributed by atoms with Crippen molar-refractivity contribution in [2.75, 3.05) is 5.32 Å². The summed E-state index contributed by atoms with van der Waals surface area (Å²) < 4.78 is 6.60. The summed E-state index contributed by atoms with van der Waals surface area (Å²) in [4.78, 5) is 12.1. The van der Waals surface area contributed by atoms with E-state index in [1.54, 1.807) is 12.1 Å². The highest BCUT2D eigenvalue weighted by molar-refractivity contribution is 9.10. The predicted molar refractivity (Wildman–Crippen MR) is 121 cm³/mol. The topological polar surface area (TPSA) is 54.3 Å². The molecule has 4 nitrogen and oxygen atoms in total. The van der Waals surface area contributed by atoms with Crippen molar-refractivity contribution < 1.29 is 9.21 Å². The molecule has 1 aromatic heterocycles. The Morgan fingerprint density at radius 2 is 1.96 bits per heavy atom. The number of hydrogen-bond donors (Lipinski definition) is 2. The largest absolute Gasteiger partial charge is 0.457 e. The maximum atomic E-state index is 12.1. The zero-order valence-electron chi connectivity index (χ0n) is 14.8. The van der Waals surface area contributed by atoms with Gasteiger partial charge in [0.15, 0.2) is 5.11 Å². The number of anilines is 1. The molecule has 142 valence electrons. The molecule has 0 spiro atoms. The third-order valence-corrected chi connectivity index (χ3v) is 5.14. The van der Waals surface area contributed by atoms with Crippen LogP contribution in [0.5, 0.6) is 0 Å². The third-order valence-electron chi connectivity index (χ3n) is 3.84. The number of carbonyl (C=O) groups excluding carboxylic acids is 1. The molecule has 0 radical (unpaired) electrons. The zero-order valence-corrected chi connectivity index (χ0v) is 18.0. The van der Waals surface area contributed by atoms with Crippen LogP contribution in [0.25, 0.3) is 17.4 Å². The summed E-state index contributed by atoms with van der Waals surface area (Å²) >= 11 is 14.7. The first kappa shape index (κ1) is 20.3. The number of benzene rings is 2. The van der Waals surface area contributed by atoms with Crippen molar-refractivity contribution >= 4 is 62.5 Å². The highest BCUT2D eigenvalue weighted by Crippen LogP contribution is 2.27. The highest BCUT2D eigenvalue weighted by Gasteiger charge is 2.07. The van der Waals surface area contributed by atoms with Gasteiger partial charge in [-0.1, -0.05) is 35.9 Å². The number of hydrogen-bond acceptors (Lipinski definition) is 3. The maximum Gasteiger partial charge on any atom is 0.250 e. The molecular formula is C21H16BrClN2O2S. The summed E-state index contributed by atoms with van der Waals surface area (Å²) in [5.41, 5.74) is 2.64. The fourth-order valence-corrected chi connectivity index (χ4v) is 3.15. The lowest BCUT2D eigenvalue weighted by atomic mass is 10.1. The molecule has 0 fully saturated rings. The molecule has 0 saturated carbocycles. The number of nitrogens with one attached hydrogen (secondary N) is 2. The lowest BCUT2D eigenvalue weighted by molar-refractivity contribution is -0.115. The minimum Gasteiger partial charge on any atom is -0.457 e. The minimum absolute atomic E-state index is 0.205. The standard InChI is InChI=1S/C21H16BrClN2O2S/c1-13-6-7-14(12-17(13)23)19-10-8-15(27-19)9-11-20(26)25-21(28)24-18-5-3-2-4-16(18)22/h2-12H,1H3,(H2,24,25,26,28)/b11-9+. The van der Waals surface area contributed by atoms with E-state index in [4.69, 9.17) is 28.2 Å². The number of thiocarbonyl (C=S) groups is 1. The van der Waals surface area contributed by atoms with E-state index >= 15 is 0 Å². The summed E-state index contributed by atoms with van der Waals surface area (Å²) in [6.45, 7) is 1.94. The van der Waals surface area contributed by atoms with Crippen LogP contribution in [-0.2, 0) is 4.79 Å². The van der Waals surface area contributed by atoms with E-state index in [2.05, 4.69) is 26.6 Å². The molecule has 3 rings (SSSR count). The molecular weight excluding hydrogens is 460 g/mol. The van der Waals surface area contributed by atoms with E-state index in [0.29, 0.717) is 16.5 Å². The van der Waals surface area contributed by atoms with Crippen LogP contribution in [0.4, 0.5) is 5.69 Å². The number of carbonyl (C=O) groups is 1. The molecule has 1 amide bonds. The van der Waals surface area contributed by atoms with E-state index < -0.39 is 0 Å². The van der Waals surface area contributed by atoms with Gasteiger partial charge in [0.2, 0.25) is 5.91 Å². The van der Waals surface area contributed by atoms with Gasteiger partial charge in [-0.25, -0.2) is 0 Å². The normalized spacial score (nSPS) is 10.8. The van der Waals surface area contributed by atoms with Crippen molar-refractivity contribution in [1.82, 2.24) is 5.32 Å². The molecule has 0 aliphatic rings. The summed E-state index contributed by atoms with van der Waals surface area (Å²) in [7, 11) is 0. The van der Waals surface area contributed by atoms with Crippen molar-refractivity contribution in [2.24, 2.45) is 0 Å². The van der Waals surface area contributed by atoms with Gasteiger partial charge in [0.25, 0.3) is 0 Å². The van der Waals surface area contributed by atoms with E-state index in [0.717, 1.165) is 21.3 Å². The smallest absolute Gasteiger partial charge is 0.250 e. The number of para-hydroxylation sites is 1. The van der Waals surface area contributed by atoms with Crippen molar-refractivity contribution in [3.8, 4) is 11.3 Å².